The second kappa shape index (κ2) is 9.58. The number of hydrogen-bond donors (Lipinski definition) is 1. The lowest BCUT2D eigenvalue weighted by Gasteiger charge is -2.12. The van der Waals surface area contributed by atoms with Gasteiger partial charge in [-0.2, -0.15) is 5.21 Å². The highest BCUT2D eigenvalue weighted by Gasteiger charge is 2.11. The van der Waals surface area contributed by atoms with Gasteiger partial charge in [-0.3, -0.25) is 4.98 Å². The van der Waals surface area contributed by atoms with Crippen molar-refractivity contribution >= 4 is 23.3 Å². The van der Waals surface area contributed by atoms with Gasteiger partial charge in [0, 0.05) is 22.7 Å². The van der Waals surface area contributed by atoms with Gasteiger partial charge < -0.3 is 4.74 Å². The maximum Gasteiger partial charge on any atom is 0.205 e. The Labute approximate surface area is 192 Å². The lowest BCUT2D eigenvalue weighted by Crippen LogP contribution is -1.98. The molecular weight excluding hydrogens is 422 g/mol. The molecule has 0 saturated heterocycles. The molecule has 0 fully saturated rings. The van der Waals surface area contributed by atoms with Crippen LogP contribution < -0.4 is 4.74 Å². The van der Waals surface area contributed by atoms with Gasteiger partial charge in [0.05, 0.1) is 5.52 Å². The van der Waals surface area contributed by atoms with Crippen molar-refractivity contribution in [2.75, 3.05) is 0 Å². The zero-order chi connectivity index (χ0) is 21.0. The standard InChI is InChI=1S/C25H21N5O.ClH/c1-2-19-15-24(22-9-5-6-10-23(22)26-19)31-16-17-11-13-18(14-12-17)20-7-3-4-8-21(20)25-27-29-30-28-25;/h3-15H,2,16H2,1H3,(H,27,28,29,30);1H. The molecule has 0 aliphatic heterocycles. The number of aromatic amines is 1. The van der Waals surface area contributed by atoms with E-state index >= 15 is 0 Å². The highest BCUT2D eigenvalue weighted by atomic mass is 35.5. The normalized spacial score (nSPS) is 10.7. The number of halogens is 1. The predicted molar refractivity (Wildman–Crippen MR) is 128 cm³/mol. The van der Waals surface area contributed by atoms with Gasteiger partial charge in [-0.1, -0.05) is 67.6 Å². The first kappa shape index (κ1) is 21.5. The molecule has 5 rings (SSSR count). The predicted octanol–water partition coefficient (Wildman–Crippen LogP) is 5.65. The SMILES string of the molecule is CCc1cc(OCc2ccc(-c3ccccc3-c3nn[nH]n3)cc2)c2ccccc2n1.Cl. The van der Waals surface area contributed by atoms with E-state index in [1.807, 2.05) is 42.5 Å². The maximum atomic E-state index is 6.20. The molecule has 0 aliphatic carbocycles. The fourth-order valence-electron chi connectivity index (χ4n) is 3.64. The number of benzene rings is 3. The summed E-state index contributed by atoms with van der Waals surface area (Å²) in [4.78, 5) is 4.69. The van der Waals surface area contributed by atoms with Crippen molar-refractivity contribution in [2.45, 2.75) is 20.0 Å². The third-order valence-electron chi connectivity index (χ3n) is 5.27. The van der Waals surface area contributed by atoms with E-state index in [1.165, 1.54) is 0 Å². The molecule has 6 nitrogen and oxygen atoms in total. The summed E-state index contributed by atoms with van der Waals surface area (Å²) in [6.45, 7) is 2.59. The summed E-state index contributed by atoms with van der Waals surface area (Å²) >= 11 is 0. The van der Waals surface area contributed by atoms with Gasteiger partial charge in [-0.05, 0) is 40.5 Å². The number of nitrogens with one attached hydrogen (secondary N) is 1. The molecule has 5 aromatic rings. The third-order valence-corrected chi connectivity index (χ3v) is 5.27. The number of nitrogens with zero attached hydrogens (tertiary/aromatic N) is 4. The average Bonchev–Trinajstić information content (AvgIpc) is 3.37. The molecule has 0 bridgehead atoms. The highest BCUT2D eigenvalue weighted by molar-refractivity contribution is 5.86. The fraction of sp³-hybridized carbons (Fsp3) is 0.120. The first-order valence-corrected chi connectivity index (χ1v) is 10.3. The van der Waals surface area contributed by atoms with E-state index in [9.17, 15) is 0 Å². The minimum absolute atomic E-state index is 0. The highest BCUT2D eigenvalue weighted by Crippen LogP contribution is 2.30. The van der Waals surface area contributed by atoms with Crippen LogP contribution in [-0.2, 0) is 13.0 Å². The Morgan fingerprint density at radius 1 is 0.875 bits per heavy atom. The zero-order valence-electron chi connectivity index (χ0n) is 17.5. The van der Waals surface area contributed by atoms with Crippen LogP contribution in [0.25, 0.3) is 33.4 Å². The van der Waals surface area contributed by atoms with Gasteiger partial charge in [0.25, 0.3) is 0 Å². The molecule has 0 saturated carbocycles. The van der Waals surface area contributed by atoms with Crippen LogP contribution in [-0.4, -0.2) is 25.6 Å². The summed E-state index contributed by atoms with van der Waals surface area (Å²) < 4.78 is 6.20. The van der Waals surface area contributed by atoms with Crippen molar-refractivity contribution in [3.05, 3.63) is 90.1 Å². The molecule has 7 heteroatoms. The maximum absolute atomic E-state index is 6.20. The van der Waals surface area contributed by atoms with Crippen LogP contribution in [0, 0.1) is 0 Å². The number of pyridine rings is 1. The van der Waals surface area contributed by atoms with Gasteiger partial charge in [0.15, 0.2) is 0 Å². The van der Waals surface area contributed by atoms with Gasteiger partial charge >= 0.3 is 0 Å². The molecule has 0 unspecified atom stereocenters. The van der Waals surface area contributed by atoms with E-state index in [0.29, 0.717) is 12.4 Å². The Morgan fingerprint density at radius 2 is 1.62 bits per heavy atom. The number of rotatable bonds is 6. The van der Waals surface area contributed by atoms with Crippen molar-refractivity contribution in [1.29, 1.82) is 0 Å². The van der Waals surface area contributed by atoms with E-state index in [2.05, 4.69) is 68.9 Å². The molecule has 0 amide bonds. The molecule has 0 radical (unpaired) electrons. The van der Waals surface area contributed by atoms with E-state index in [4.69, 9.17) is 4.74 Å². The number of aryl methyl sites for hydroxylation is 1. The molecule has 3 aromatic carbocycles. The van der Waals surface area contributed by atoms with Crippen LogP contribution in [0.15, 0.2) is 78.9 Å². The van der Waals surface area contributed by atoms with E-state index in [1.54, 1.807) is 0 Å². The summed E-state index contributed by atoms with van der Waals surface area (Å²) in [6.07, 6.45) is 0.871. The van der Waals surface area contributed by atoms with E-state index in [-0.39, 0.29) is 12.4 Å². The molecule has 2 aromatic heterocycles. The van der Waals surface area contributed by atoms with Crippen LogP contribution in [0.2, 0.25) is 0 Å². The fourth-order valence-corrected chi connectivity index (χ4v) is 3.64. The van der Waals surface area contributed by atoms with E-state index in [0.717, 1.165) is 51.0 Å². The van der Waals surface area contributed by atoms with Crippen molar-refractivity contribution in [3.63, 3.8) is 0 Å². The molecule has 1 N–H and O–H groups in total. The Kier molecular flexibility index (Phi) is 6.42. The summed E-state index contributed by atoms with van der Waals surface area (Å²) in [7, 11) is 0. The summed E-state index contributed by atoms with van der Waals surface area (Å²) in [5, 5.41) is 15.5. The summed E-state index contributed by atoms with van der Waals surface area (Å²) in [5.74, 6) is 1.45. The van der Waals surface area contributed by atoms with E-state index < -0.39 is 0 Å². The molecule has 160 valence electrons. The number of hydrogen-bond acceptors (Lipinski definition) is 5. The van der Waals surface area contributed by atoms with Gasteiger partial charge in [0.2, 0.25) is 5.82 Å². The van der Waals surface area contributed by atoms with Crippen molar-refractivity contribution in [1.82, 2.24) is 25.6 Å². The average molecular weight is 444 g/mol. The Bertz CT molecular complexity index is 1320. The Morgan fingerprint density at radius 3 is 2.38 bits per heavy atom. The number of H-pyrrole nitrogens is 1. The van der Waals surface area contributed by atoms with Crippen LogP contribution in [0.5, 0.6) is 5.75 Å². The first-order chi connectivity index (χ1) is 15.3. The summed E-state index contributed by atoms with van der Waals surface area (Å²) in [6, 6.07) is 26.5. The second-order valence-corrected chi connectivity index (χ2v) is 7.25. The first-order valence-electron chi connectivity index (χ1n) is 10.3. The third kappa shape index (κ3) is 4.31. The minimum Gasteiger partial charge on any atom is -0.488 e. The van der Waals surface area contributed by atoms with Crippen LogP contribution >= 0.6 is 12.4 Å². The second-order valence-electron chi connectivity index (χ2n) is 7.25. The lowest BCUT2D eigenvalue weighted by atomic mass is 9.98. The smallest absolute Gasteiger partial charge is 0.205 e. The van der Waals surface area contributed by atoms with Crippen molar-refractivity contribution in [2.24, 2.45) is 0 Å². The largest absolute Gasteiger partial charge is 0.488 e. The molecular formula is C25H22ClN5O. The summed E-state index contributed by atoms with van der Waals surface area (Å²) in [5.41, 5.74) is 6.18. The van der Waals surface area contributed by atoms with Crippen molar-refractivity contribution in [3.8, 4) is 28.3 Å². The zero-order valence-corrected chi connectivity index (χ0v) is 18.3. The van der Waals surface area contributed by atoms with Gasteiger partial charge in [0.1, 0.15) is 12.4 Å². The molecule has 0 aliphatic rings. The van der Waals surface area contributed by atoms with Crippen LogP contribution in [0.4, 0.5) is 0 Å². The topological polar surface area (TPSA) is 76.6 Å². The number of fused-ring (bicyclic) bond motifs is 1. The Balaban J connectivity index is 0.00000245. The number of aromatic nitrogens is 5. The molecule has 0 atom stereocenters. The monoisotopic (exact) mass is 443 g/mol. The number of para-hydroxylation sites is 1. The molecule has 0 spiro atoms. The Hall–Kier alpha value is -3.77. The van der Waals surface area contributed by atoms with Gasteiger partial charge in [-0.15, -0.1) is 22.6 Å². The van der Waals surface area contributed by atoms with Crippen molar-refractivity contribution < 1.29 is 4.74 Å². The minimum atomic E-state index is 0. The number of ether oxygens (including phenoxy) is 1. The molecule has 32 heavy (non-hydrogen) atoms. The number of tetrazole rings is 1. The quantitative estimate of drug-likeness (QED) is 0.367. The molecule has 2 heterocycles. The van der Waals surface area contributed by atoms with Gasteiger partial charge in [-0.25, -0.2) is 0 Å². The lowest BCUT2D eigenvalue weighted by molar-refractivity contribution is 0.309. The van der Waals surface area contributed by atoms with Crippen LogP contribution in [0.3, 0.4) is 0 Å². The van der Waals surface area contributed by atoms with Crippen LogP contribution in [0.1, 0.15) is 18.2 Å².